The molecule has 3 rings (SSSR count). The minimum absolute atomic E-state index is 0.284. The van der Waals surface area contributed by atoms with E-state index < -0.39 is 0 Å². The first-order valence-electron chi connectivity index (χ1n) is 7.14. The van der Waals surface area contributed by atoms with Crippen molar-refractivity contribution in [1.82, 2.24) is 5.32 Å². The summed E-state index contributed by atoms with van der Waals surface area (Å²) >= 11 is 6.14. The highest BCUT2D eigenvalue weighted by Gasteiger charge is 2.25. The molecule has 1 saturated carbocycles. The number of halogens is 1. The Balaban J connectivity index is 1.75. The summed E-state index contributed by atoms with van der Waals surface area (Å²) in [5.74, 6) is 0.406. The van der Waals surface area contributed by atoms with Crippen molar-refractivity contribution >= 4 is 17.3 Å². The van der Waals surface area contributed by atoms with Gasteiger partial charge in [-0.25, -0.2) is 0 Å². The molecule has 19 heavy (non-hydrogen) atoms. The predicted octanol–water partition coefficient (Wildman–Crippen LogP) is 2.41. The number of aliphatic hydroxyl groups is 1. The number of hydrogen-bond donors (Lipinski definition) is 2. The number of rotatable bonds is 5. The Labute approximate surface area is 119 Å². The summed E-state index contributed by atoms with van der Waals surface area (Å²) in [7, 11) is 0. The average Bonchev–Trinajstić information content (AvgIpc) is 3.13. The van der Waals surface area contributed by atoms with E-state index in [1.807, 2.05) is 6.07 Å². The van der Waals surface area contributed by atoms with Crippen LogP contribution in [0.15, 0.2) is 18.2 Å². The van der Waals surface area contributed by atoms with Crippen molar-refractivity contribution in [3.05, 3.63) is 28.8 Å². The molecule has 1 aliphatic carbocycles. The lowest BCUT2D eigenvalue weighted by Gasteiger charge is -2.22. The van der Waals surface area contributed by atoms with Crippen LogP contribution in [0.25, 0.3) is 0 Å². The first-order valence-corrected chi connectivity index (χ1v) is 7.51. The van der Waals surface area contributed by atoms with Crippen LogP contribution in [0.3, 0.4) is 0 Å². The minimum Gasteiger partial charge on any atom is -0.396 e. The fourth-order valence-corrected chi connectivity index (χ4v) is 2.89. The lowest BCUT2D eigenvalue weighted by molar-refractivity contribution is 0.238. The van der Waals surface area contributed by atoms with Crippen molar-refractivity contribution in [2.24, 2.45) is 5.92 Å². The summed E-state index contributed by atoms with van der Waals surface area (Å²) in [6, 6.07) is 6.87. The van der Waals surface area contributed by atoms with Crippen LogP contribution in [0.5, 0.6) is 0 Å². The quantitative estimate of drug-likeness (QED) is 0.869. The van der Waals surface area contributed by atoms with Gasteiger partial charge in [0.25, 0.3) is 0 Å². The first-order chi connectivity index (χ1) is 9.26. The summed E-state index contributed by atoms with van der Waals surface area (Å²) in [5.41, 5.74) is 2.55. The van der Waals surface area contributed by atoms with Gasteiger partial charge in [-0.15, -0.1) is 0 Å². The molecule has 1 aromatic rings. The summed E-state index contributed by atoms with van der Waals surface area (Å²) in [6.45, 7) is 3.15. The second-order valence-electron chi connectivity index (χ2n) is 5.71. The maximum atomic E-state index is 9.27. The van der Waals surface area contributed by atoms with Crippen molar-refractivity contribution in [3.8, 4) is 0 Å². The second-order valence-corrected chi connectivity index (χ2v) is 6.15. The Kier molecular flexibility index (Phi) is 3.96. The summed E-state index contributed by atoms with van der Waals surface area (Å²) in [6.07, 6.45) is 3.68. The van der Waals surface area contributed by atoms with Gasteiger partial charge in [0.05, 0.1) is 0 Å². The smallest absolute Gasteiger partial charge is 0.0476 e. The van der Waals surface area contributed by atoms with Crippen LogP contribution in [0.4, 0.5) is 5.69 Å². The molecule has 1 aliphatic heterocycles. The fraction of sp³-hybridized carbons (Fsp3) is 0.600. The number of nitrogens with zero attached hydrogens (tertiary/aromatic N) is 1. The normalized spacial score (nSPS) is 23.1. The molecule has 0 radical (unpaired) electrons. The maximum Gasteiger partial charge on any atom is 0.0476 e. The van der Waals surface area contributed by atoms with E-state index in [4.69, 9.17) is 11.6 Å². The first kappa shape index (κ1) is 13.2. The van der Waals surface area contributed by atoms with Gasteiger partial charge in [-0.2, -0.15) is 0 Å². The standard InChI is InChI=1S/C15H21ClN2O/c16-13-2-1-12(8-17-14-3-4-14)15(7-13)18-6-5-11(9-18)10-19/h1-2,7,11,14,17,19H,3-6,8-10H2. The monoisotopic (exact) mass is 280 g/mol. The van der Waals surface area contributed by atoms with Gasteiger partial charge in [0.1, 0.15) is 0 Å². The Morgan fingerprint density at radius 1 is 1.32 bits per heavy atom. The van der Waals surface area contributed by atoms with Gasteiger partial charge in [0, 0.05) is 48.9 Å². The molecule has 0 bridgehead atoms. The van der Waals surface area contributed by atoms with Crippen LogP contribution in [-0.2, 0) is 6.54 Å². The number of aliphatic hydroxyl groups excluding tert-OH is 1. The third kappa shape index (κ3) is 3.22. The lowest BCUT2D eigenvalue weighted by atomic mass is 10.1. The zero-order valence-corrected chi connectivity index (χ0v) is 11.9. The number of anilines is 1. The van der Waals surface area contributed by atoms with E-state index >= 15 is 0 Å². The molecule has 0 aromatic heterocycles. The van der Waals surface area contributed by atoms with Crippen molar-refractivity contribution in [3.63, 3.8) is 0 Å². The molecule has 0 amide bonds. The molecule has 1 unspecified atom stereocenters. The number of hydrogen-bond acceptors (Lipinski definition) is 3. The van der Waals surface area contributed by atoms with E-state index in [1.54, 1.807) is 0 Å². The zero-order chi connectivity index (χ0) is 13.2. The molecular weight excluding hydrogens is 260 g/mol. The minimum atomic E-state index is 0.284. The summed E-state index contributed by atoms with van der Waals surface area (Å²) < 4.78 is 0. The van der Waals surface area contributed by atoms with Gasteiger partial charge in [0.2, 0.25) is 0 Å². The van der Waals surface area contributed by atoms with Crippen LogP contribution in [-0.4, -0.2) is 30.8 Å². The van der Waals surface area contributed by atoms with Crippen LogP contribution in [0, 0.1) is 5.92 Å². The SMILES string of the molecule is OCC1CCN(c2cc(Cl)ccc2CNC2CC2)C1. The molecule has 2 N–H and O–H groups in total. The van der Waals surface area contributed by atoms with Crippen LogP contribution >= 0.6 is 11.6 Å². The summed E-state index contributed by atoms with van der Waals surface area (Å²) in [4.78, 5) is 2.36. The van der Waals surface area contributed by atoms with Crippen LogP contribution < -0.4 is 10.2 Å². The molecule has 3 nitrogen and oxygen atoms in total. The number of nitrogens with one attached hydrogen (secondary N) is 1. The van der Waals surface area contributed by atoms with Gasteiger partial charge in [-0.05, 0) is 37.0 Å². The van der Waals surface area contributed by atoms with Gasteiger partial charge in [0.15, 0.2) is 0 Å². The van der Waals surface area contributed by atoms with E-state index in [0.717, 1.165) is 31.1 Å². The van der Waals surface area contributed by atoms with Crippen molar-refractivity contribution < 1.29 is 5.11 Å². The molecule has 2 fully saturated rings. The third-order valence-electron chi connectivity index (χ3n) is 4.09. The lowest BCUT2D eigenvalue weighted by Crippen LogP contribution is -2.24. The van der Waals surface area contributed by atoms with E-state index in [1.165, 1.54) is 24.1 Å². The molecule has 1 aromatic carbocycles. The molecular formula is C15H21ClN2O. The van der Waals surface area contributed by atoms with Gasteiger partial charge in [-0.1, -0.05) is 17.7 Å². The predicted molar refractivity (Wildman–Crippen MR) is 78.7 cm³/mol. The summed E-state index contributed by atoms with van der Waals surface area (Å²) in [5, 5.41) is 13.6. The van der Waals surface area contributed by atoms with E-state index in [0.29, 0.717) is 12.0 Å². The second kappa shape index (κ2) is 5.70. The molecule has 1 heterocycles. The molecule has 0 spiro atoms. The van der Waals surface area contributed by atoms with E-state index in [-0.39, 0.29) is 6.61 Å². The molecule has 4 heteroatoms. The van der Waals surface area contributed by atoms with Gasteiger partial charge < -0.3 is 15.3 Å². The van der Waals surface area contributed by atoms with Crippen molar-refractivity contribution in [2.45, 2.75) is 31.8 Å². The zero-order valence-electron chi connectivity index (χ0n) is 11.1. The maximum absolute atomic E-state index is 9.27. The Bertz CT molecular complexity index is 448. The topological polar surface area (TPSA) is 35.5 Å². The fourth-order valence-electron chi connectivity index (χ4n) is 2.72. The molecule has 104 valence electrons. The third-order valence-corrected chi connectivity index (χ3v) is 4.33. The van der Waals surface area contributed by atoms with E-state index in [9.17, 15) is 5.11 Å². The van der Waals surface area contributed by atoms with Gasteiger partial charge in [-0.3, -0.25) is 0 Å². The van der Waals surface area contributed by atoms with Crippen molar-refractivity contribution in [2.75, 3.05) is 24.6 Å². The highest BCUT2D eigenvalue weighted by molar-refractivity contribution is 6.30. The van der Waals surface area contributed by atoms with Gasteiger partial charge >= 0.3 is 0 Å². The largest absolute Gasteiger partial charge is 0.396 e. The Hall–Kier alpha value is -0.770. The number of benzene rings is 1. The highest BCUT2D eigenvalue weighted by Crippen LogP contribution is 2.30. The van der Waals surface area contributed by atoms with Crippen LogP contribution in [0.1, 0.15) is 24.8 Å². The van der Waals surface area contributed by atoms with E-state index in [2.05, 4.69) is 22.3 Å². The Morgan fingerprint density at radius 2 is 2.16 bits per heavy atom. The molecule has 1 atom stereocenters. The highest BCUT2D eigenvalue weighted by atomic mass is 35.5. The van der Waals surface area contributed by atoms with Crippen molar-refractivity contribution in [1.29, 1.82) is 0 Å². The molecule has 1 saturated heterocycles. The molecule has 2 aliphatic rings. The van der Waals surface area contributed by atoms with Crippen LogP contribution in [0.2, 0.25) is 5.02 Å². The average molecular weight is 281 g/mol. The Morgan fingerprint density at radius 3 is 2.84 bits per heavy atom.